The summed E-state index contributed by atoms with van der Waals surface area (Å²) >= 11 is 0. The molecule has 0 saturated heterocycles. The maximum atomic E-state index is 11.9. The molecule has 1 aromatic rings. The zero-order valence-corrected chi connectivity index (χ0v) is 11.6. The van der Waals surface area contributed by atoms with Crippen LogP contribution in [0.25, 0.3) is 0 Å². The quantitative estimate of drug-likeness (QED) is 0.812. The molecular formula is C15H24N2O. The number of carbonyl (C=O) groups is 1. The molecule has 1 amide bonds. The minimum atomic E-state index is -0.0979. The van der Waals surface area contributed by atoms with Crippen molar-refractivity contribution in [3.63, 3.8) is 0 Å². The van der Waals surface area contributed by atoms with Gasteiger partial charge in [0.05, 0.1) is 5.92 Å². The van der Waals surface area contributed by atoms with Gasteiger partial charge < -0.3 is 11.1 Å². The van der Waals surface area contributed by atoms with Gasteiger partial charge in [0, 0.05) is 12.2 Å². The lowest BCUT2D eigenvalue weighted by atomic mass is 9.98. The highest BCUT2D eigenvalue weighted by molar-refractivity contribution is 5.92. The first kappa shape index (κ1) is 14.7. The average Bonchev–Trinajstić information content (AvgIpc) is 2.40. The Bertz CT molecular complexity index is 369. The summed E-state index contributed by atoms with van der Waals surface area (Å²) in [6.07, 6.45) is 1.89. The van der Waals surface area contributed by atoms with Crippen LogP contribution in [0.1, 0.15) is 45.1 Å². The number of hydrogen-bond donors (Lipinski definition) is 2. The molecular weight excluding hydrogens is 224 g/mol. The van der Waals surface area contributed by atoms with Gasteiger partial charge in [0.25, 0.3) is 0 Å². The second-order valence-electron chi connectivity index (χ2n) is 4.76. The summed E-state index contributed by atoms with van der Waals surface area (Å²) in [6.45, 7) is 6.75. The number of rotatable bonds is 6. The number of nitrogens with two attached hydrogens (primary N) is 1. The highest BCUT2D eigenvalue weighted by Crippen LogP contribution is 2.20. The van der Waals surface area contributed by atoms with E-state index in [-0.39, 0.29) is 11.8 Å². The molecule has 2 atom stereocenters. The molecule has 2 unspecified atom stereocenters. The standard InChI is InChI=1S/C15H24N2O/c1-4-11(3)13-6-8-14(9-7-13)17-15(18)12(5-2)10-16/h6-9,11-12H,4-5,10,16H2,1-3H3,(H,17,18). The number of amides is 1. The topological polar surface area (TPSA) is 55.1 Å². The fraction of sp³-hybridized carbons (Fsp3) is 0.533. The summed E-state index contributed by atoms with van der Waals surface area (Å²) in [4.78, 5) is 11.9. The Labute approximate surface area is 110 Å². The lowest BCUT2D eigenvalue weighted by Gasteiger charge is -2.14. The highest BCUT2D eigenvalue weighted by atomic mass is 16.1. The largest absolute Gasteiger partial charge is 0.330 e. The zero-order chi connectivity index (χ0) is 13.5. The van der Waals surface area contributed by atoms with Crippen molar-refractivity contribution in [2.24, 2.45) is 11.7 Å². The Morgan fingerprint density at radius 2 is 1.83 bits per heavy atom. The lowest BCUT2D eigenvalue weighted by Crippen LogP contribution is -2.28. The molecule has 0 radical (unpaired) electrons. The molecule has 0 fully saturated rings. The molecule has 1 rings (SSSR count). The maximum Gasteiger partial charge on any atom is 0.228 e. The van der Waals surface area contributed by atoms with Crippen molar-refractivity contribution < 1.29 is 4.79 Å². The first-order chi connectivity index (χ1) is 8.62. The van der Waals surface area contributed by atoms with Crippen molar-refractivity contribution >= 4 is 11.6 Å². The van der Waals surface area contributed by atoms with Crippen molar-refractivity contribution in [3.8, 4) is 0 Å². The Kier molecular flexibility index (Phi) is 5.86. The van der Waals surface area contributed by atoms with E-state index in [0.29, 0.717) is 12.5 Å². The summed E-state index contributed by atoms with van der Waals surface area (Å²) in [5.74, 6) is 0.470. The van der Waals surface area contributed by atoms with Crippen LogP contribution >= 0.6 is 0 Å². The number of carbonyl (C=O) groups excluding carboxylic acids is 1. The first-order valence-corrected chi connectivity index (χ1v) is 6.73. The summed E-state index contributed by atoms with van der Waals surface area (Å²) in [5, 5.41) is 2.91. The Balaban J connectivity index is 2.66. The van der Waals surface area contributed by atoms with Gasteiger partial charge in [-0.05, 0) is 36.5 Å². The van der Waals surface area contributed by atoms with E-state index in [1.165, 1.54) is 5.56 Å². The van der Waals surface area contributed by atoms with Crippen LogP contribution in [0.5, 0.6) is 0 Å². The van der Waals surface area contributed by atoms with Crippen LogP contribution in [0.2, 0.25) is 0 Å². The van der Waals surface area contributed by atoms with Gasteiger partial charge in [-0.1, -0.05) is 32.9 Å². The summed E-state index contributed by atoms with van der Waals surface area (Å²) < 4.78 is 0. The van der Waals surface area contributed by atoms with Crippen LogP contribution in [0.3, 0.4) is 0 Å². The van der Waals surface area contributed by atoms with Crippen molar-refractivity contribution in [3.05, 3.63) is 29.8 Å². The molecule has 0 heterocycles. The van der Waals surface area contributed by atoms with Crippen LogP contribution < -0.4 is 11.1 Å². The third-order valence-electron chi connectivity index (χ3n) is 3.51. The van der Waals surface area contributed by atoms with Gasteiger partial charge in [0.15, 0.2) is 0 Å². The second kappa shape index (κ2) is 7.17. The number of nitrogens with one attached hydrogen (secondary N) is 1. The molecule has 3 heteroatoms. The summed E-state index contributed by atoms with van der Waals surface area (Å²) in [5.41, 5.74) is 7.71. The molecule has 100 valence electrons. The fourth-order valence-electron chi connectivity index (χ4n) is 1.83. The molecule has 0 aromatic heterocycles. The van der Waals surface area contributed by atoms with E-state index in [9.17, 15) is 4.79 Å². The molecule has 0 saturated carbocycles. The predicted octanol–water partition coefficient (Wildman–Crippen LogP) is 3.12. The number of anilines is 1. The molecule has 0 aliphatic carbocycles. The van der Waals surface area contributed by atoms with Crippen molar-refractivity contribution in [1.82, 2.24) is 0 Å². The normalized spacial score (nSPS) is 14.0. The van der Waals surface area contributed by atoms with Gasteiger partial charge in [-0.25, -0.2) is 0 Å². The molecule has 0 bridgehead atoms. The van der Waals surface area contributed by atoms with Crippen molar-refractivity contribution in [2.75, 3.05) is 11.9 Å². The molecule has 3 N–H and O–H groups in total. The molecule has 1 aromatic carbocycles. The Morgan fingerprint density at radius 3 is 2.28 bits per heavy atom. The lowest BCUT2D eigenvalue weighted by molar-refractivity contribution is -0.119. The average molecular weight is 248 g/mol. The van der Waals surface area contributed by atoms with E-state index in [4.69, 9.17) is 5.73 Å². The molecule has 0 aliphatic heterocycles. The van der Waals surface area contributed by atoms with Gasteiger partial charge in [-0.2, -0.15) is 0 Å². The van der Waals surface area contributed by atoms with E-state index in [1.807, 2.05) is 19.1 Å². The van der Waals surface area contributed by atoms with Crippen LogP contribution in [0.4, 0.5) is 5.69 Å². The van der Waals surface area contributed by atoms with Crippen LogP contribution in [-0.2, 0) is 4.79 Å². The van der Waals surface area contributed by atoms with Crippen LogP contribution in [0.15, 0.2) is 24.3 Å². The Hall–Kier alpha value is -1.35. The number of hydrogen-bond acceptors (Lipinski definition) is 2. The van der Waals surface area contributed by atoms with Gasteiger partial charge in [0.2, 0.25) is 5.91 Å². The van der Waals surface area contributed by atoms with Gasteiger partial charge in [-0.15, -0.1) is 0 Å². The zero-order valence-electron chi connectivity index (χ0n) is 11.6. The van der Waals surface area contributed by atoms with Gasteiger partial charge >= 0.3 is 0 Å². The smallest absolute Gasteiger partial charge is 0.228 e. The van der Waals surface area contributed by atoms with Gasteiger partial charge in [-0.3, -0.25) is 4.79 Å². The molecule has 0 spiro atoms. The molecule has 3 nitrogen and oxygen atoms in total. The van der Waals surface area contributed by atoms with Gasteiger partial charge in [0.1, 0.15) is 0 Å². The van der Waals surface area contributed by atoms with E-state index < -0.39 is 0 Å². The second-order valence-corrected chi connectivity index (χ2v) is 4.76. The van der Waals surface area contributed by atoms with E-state index in [1.54, 1.807) is 0 Å². The van der Waals surface area contributed by atoms with Crippen molar-refractivity contribution in [1.29, 1.82) is 0 Å². The first-order valence-electron chi connectivity index (χ1n) is 6.73. The summed E-state index contributed by atoms with van der Waals surface area (Å²) in [7, 11) is 0. The maximum absolute atomic E-state index is 11.9. The minimum Gasteiger partial charge on any atom is -0.330 e. The predicted molar refractivity (Wildman–Crippen MR) is 76.6 cm³/mol. The third kappa shape index (κ3) is 3.84. The monoisotopic (exact) mass is 248 g/mol. The van der Waals surface area contributed by atoms with E-state index >= 15 is 0 Å². The Morgan fingerprint density at radius 1 is 1.22 bits per heavy atom. The SMILES string of the molecule is CCC(CN)C(=O)Nc1ccc(C(C)CC)cc1. The van der Waals surface area contributed by atoms with E-state index in [2.05, 4.69) is 31.3 Å². The third-order valence-corrected chi connectivity index (χ3v) is 3.51. The number of benzene rings is 1. The fourth-order valence-corrected chi connectivity index (χ4v) is 1.83. The van der Waals surface area contributed by atoms with E-state index in [0.717, 1.165) is 18.5 Å². The molecule has 0 aliphatic rings. The minimum absolute atomic E-state index is 0.0105. The van der Waals surface area contributed by atoms with Crippen LogP contribution in [-0.4, -0.2) is 12.5 Å². The highest BCUT2D eigenvalue weighted by Gasteiger charge is 2.14. The summed E-state index contributed by atoms with van der Waals surface area (Å²) in [6, 6.07) is 8.08. The van der Waals surface area contributed by atoms with Crippen molar-refractivity contribution in [2.45, 2.75) is 39.5 Å². The molecule has 18 heavy (non-hydrogen) atoms. The van der Waals surface area contributed by atoms with Crippen LogP contribution in [0, 0.1) is 5.92 Å².